The van der Waals surface area contributed by atoms with Crippen molar-refractivity contribution in [2.45, 2.75) is 25.7 Å². The van der Waals surface area contributed by atoms with Gasteiger partial charge in [-0.3, -0.25) is 0 Å². The first-order valence-electron chi connectivity index (χ1n) is 5.19. The molecule has 2 aliphatic rings. The van der Waals surface area contributed by atoms with Gasteiger partial charge in [0.2, 0.25) is 0 Å². The molecule has 70 valence electrons. The zero-order valence-corrected chi connectivity index (χ0v) is 8.48. The summed E-state index contributed by atoms with van der Waals surface area (Å²) in [5.41, 5.74) is 5.56. The molecule has 1 aliphatic heterocycles. The molecule has 1 saturated carbocycles. The molecule has 0 bridgehead atoms. The maximum Gasteiger partial charge on any atom is -0.00648 e. The van der Waals surface area contributed by atoms with Crippen LogP contribution in [0.2, 0.25) is 0 Å². The molecule has 2 fully saturated rings. The van der Waals surface area contributed by atoms with Crippen LogP contribution >= 0.6 is 11.8 Å². The Hall–Kier alpha value is 0.310. The fourth-order valence-electron chi connectivity index (χ4n) is 2.54. The Labute approximate surface area is 79.5 Å². The summed E-state index contributed by atoms with van der Waals surface area (Å²) in [5.74, 6) is 5.99. The van der Waals surface area contributed by atoms with Crippen LogP contribution in [0, 0.1) is 17.8 Å². The highest BCUT2D eigenvalue weighted by Crippen LogP contribution is 2.50. The summed E-state index contributed by atoms with van der Waals surface area (Å²) in [6.07, 6.45) is 5.74. The highest BCUT2D eigenvalue weighted by atomic mass is 32.2. The maximum absolute atomic E-state index is 5.56. The molecule has 1 nitrogen and oxygen atoms in total. The van der Waals surface area contributed by atoms with Gasteiger partial charge in [-0.2, -0.15) is 11.8 Å². The third kappa shape index (κ3) is 1.97. The Morgan fingerprint density at radius 3 is 2.67 bits per heavy atom. The summed E-state index contributed by atoms with van der Waals surface area (Å²) >= 11 is 2.13. The van der Waals surface area contributed by atoms with Crippen LogP contribution in [-0.4, -0.2) is 18.1 Å². The van der Waals surface area contributed by atoms with E-state index < -0.39 is 0 Å². The molecule has 0 spiro atoms. The lowest BCUT2D eigenvalue weighted by Crippen LogP contribution is -2.13. The fraction of sp³-hybridized carbons (Fsp3) is 1.00. The molecule has 2 unspecified atom stereocenters. The number of hydrogen-bond donors (Lipinski definition) is 1. The van der Waals surface area contributed by atoms with Crippen molar-refractivity contribution in [1.82, 2.24) is 0 Å². The van der Waals surface area contributed by atoms with E-state index >= 15 is 0 Å². The van der Waals surface area contributed by atoms with E-state index in [-0.39, 0.29) is 0 Å². The molecule has 2 heteroatoms. The normalized spacial score (nSPS) is 36.8. The van der Waals surface area contributed by atoms with E-state index in [9.17, 15) is 0 Å². The van der Waals surface area contributed by atoms with E-state index in [4.69, 9.17) is 5.73 Å². The summed E-state index contributed by atoms with van der Waals surface area (Å²) in [7, 11) is 0. The van der Waals surface area contributed by atoms with Crippen LogP contribution in [-0.2, 0) is 0 Å². The average molecular weight is 185 g/mol. The van der Waals surface area contributed by atoms with Crippen LogP contribution in [0.3, 0.4) is 0 Å². The van der Waals surface area contributed by atoms with Crippen LogP contribution in [0.15, 0.2) is 0 Å². The Morgan fingerprint density at radius 2 is 2.00 bits per heavy atom. The summed E-state index contributed by atoms with van der Waals surface area (Å²) in [6.45, 7) is 0.905. The van der Waals surface area contributed by atoms with Crippen molar-refractivity contribution in [2.24, 2.45) is 23.5 Å². The van der Waals surface area contributed by atoms with Gasteiger partial charge in [-0.05, 0) is 61.5 Å². The van der Waals surface area contributed by atoms with E-state index in [1.54, 1.807) is 0 Å². The SMILES string of the molecule is NCCC1CC1C1CCSCC1. The number of hydrogen-bond acceptors (Lipinski definition) is 2. The van der Waals surface area contributed by atoms with Crippen molar-refractivity contribution < 1.29 is 0 Å². The van der Waals surface area contributed by atoms with Crippen molar-refractivity contribution >= 4 is 11.8 Å². The smallest absolute Gasteiger partial charge is 0.00648 e. The lowest BCUT2D eigenvalue weighted by Gasteiger charge is -2.21. The minimum absolute atomic E-state index is 0.905. The largest absolute Gasteiger partial charge is 0.330 e. The average Bonchev–Trinajstić information content (AvgIpc) is 2.87. The third-order valence-electron chi connectivity index (χ3n) is 3.39. The van der Waals surface area contributed by atoms with Crippen molar-refractivity contribution in [3.63, 3.8) is 0 Å². The molecule has 2 rings (SSSR count). The monoisotopic (exact) mass is 185 g/mol. The molecule has 0 aromatic rings. The second-order valence-corrected chi connectivity index (χ2v) is 5.41. The highest BCUT2D eigenvalue weighted by molar-refractivity contribution is 7.99. The summed E-state index contributed by atoms with van der Waals surface area (Å²) in [5, 5.41) is 0. The first-order chi connectivity index (χ1) is 5.92. The van der Waals surface area contributed by atoms with Gasteiger partial charge in [0.05, 0.1) is 0 Å². The topological polar surface area (TPSA) is 26.0 Å². The van der Waals surface area contributed by atoms with Crippen LogP contribution in [0.25, 0.3) is 0 Å². The molecular formula is C10H19NS. The van der Waals surface area contributed by atoms with Gasteiger partial charge in [0, 0.05) is 0 Å². The fourth-order valence-corrected chi connectivity index (χ4v) is 3.68. The number of thioether (sulfide) groups is 1. The van der Waals surface area contributed by atoms with Gasteiger partial charge in [-0.25, -0.2) is 0 Å². The zero-order chi connectivity index (χ0) is 8.39. The predicted octanol–water partition coefficient (Wildman–Crippen LogP) is 2.11. The van der Waals surface area contributed by atoms with Crippen molar-refractivity contribution in [2.75, 3.05) is 18.1 Å². The standard InChI is InChI=1S/C10H19NS/c11-4-1-9-7-10(9)8-2-5-12-6-3-8/h8-10H,1-7,11H2. The summed E-state index contributed by atoms with van der Waals surface area (Å²) in [6, 6.07) is 0. The molecule has 1 heterocycles. The maximum atomic E-state index is 5.56. The van der Waals surface area contributed by atoms with Crippen LogP contribution in [0.1, 0.15) is 25.7 Å². The lowest BCUT2D eigenvalue weighted by molar-refractivity contribution is 0.402. The molecule has 1 saturated heterocycles. The third-order valence-corrected chi connectivity index (χ3v) is 4.43. The molecule has 2 N–H and O–H groups in total. The molecule has 0 radical (unpaired) electrons. The molecule has 2 atom stereocenters. The van der Waals surface area contributed by atoms with Gasteiger partial charge in [0.25, 0.3) is 0 Å². The molecule has 1 aliphatic carbocycles. The summed E-state index contributed by atoms with van der Waals surface area (Å²) in [4.78, 5) is 0. The minimum Gasteiger partial charge on any atom is -0.330 e. The number of nitrogens with two attached hydrogens (primary N) is 1. The molecule has 12 heavy (non-hydrogen) atoms. The second kappa shape index (κ2) is 4.01. The van der Waals surface area contributed by atoms with E-state index in [1.165, 1.54) is 37.2 Å². The first-order valence-corrected chi connectivity index (χ1v) is 6.35. The van der Waals surface area contributed by atoms with Gasteiger partial charge in [-0.15, -0.1) is 0 Å². The molecule has 0 aromatic carbocycles. The number of rotatable bonds is 3. The van der Waals surface area contributed by atoms with Gasteiger partial charge < -0.3 is 5.73 Å². The van der Waals surface area contributed by atoms with Crippen LogP contribution in [0.5, 0.6) is 0 Å². The van der Waals surface area contributed by atoms with Gasteiger partial charge in [0.1, 0.15) is 0 Å². The Bertz CT molecular complexity index is 143. The highest BCUT2D eigenvalue weighted by Gasteiger charge is 2.41. The zero-order valence-electron chi connectivity index (χ0n) is 7.67. The molecule has 0 amide bonds. The van der Waals surface area contributed by atoms with E-state index in [0.29, 0.717) is 0 Å². The van der Waals surface area contributed by atoms with Crippen molar-refractivity contribution in [3.05, 3.63) is 0 Å². The minimum atomic E-state index is 0.905. The Kier molecular flexibility index (Phi) is 2.97. The van der Waals surface area contributed by atoms with E-state index in [2.05, 4.69) is 11.8 Å². The Morgan fingerprint density at radius 1 is 1.25 bits per heavy atom. The van der Waals surface area contributed by atoms with Gasteiger partial charge in [0.15, 0.2) is 0 Å². The first kappa shape index (κ1) is 8.89. The lowest BCUT2D eigenvalue weighted by atomic mass is 9.95. The van der Waals surface area contributed by atoms with E-state index in [0.717, 1.165) is 24.3 Å². The quantitative estimate of drug-likeness (QED) is 0.729. The van der Waals surface area contributed by atoms with Crippen molar-refractivity contribution in [1.29, 1.82) is 0 Å². The van der Waals surface area contributed by atoms with Gasteiger partial charge in [-0.1, -0.05) is 0 Å². The van der Waals surface area contributed by atoms with Gasteiger partial charge >= 0.3 is 0 Å². The van der Waals surface area contributed by atoms with E-state index in [1.807, 2.05) is 0 Å². The summed E-state index contributed by atoms with van der Waals surface area (Å²) < 4.78 is 0. The van der Waals surface area contributed by atoms with Crippen LogP contribution < -0.4 is 5.73 Å². The molecular weight excluding hydrogens is 166 g/mol. The van der Waals surface area contributed by atoms with Crippen LogP contribution in [0.4, 0.5) is 0 Å². The molecule has 0 aromatic heterocycles. The Balaban J connectivity index is 1.72. The predicted molar refractivity (Wildman–Crippen MR) is 55.3 cm³/mol. The second-order valence-electron chi connectivity index (χ2n) is 4.19. The van der Waals surface area contributed by atoms with Crippen molar-refractivity contribution in [3.8, 4) is 0 Å².